The van der Waals surface area contributed by atoms with E-state index in [2.05, 4.69) is 5.32 Å². The first-order valence-corrected chi connectivity index (χ1v) is 5.33. The van der Waals surface area contributed by atoms with E-state index in [4.69, 9.17) is 10.5 Å². The lowest BCUT2D eigenvalue weighted by Crippen LogP contribution is -2.58. The fourth-order valence-corrected chi connectivity index (χ4v) is 2.30. The van der Waals surface area contributed by atoms with Crippen molar-refractivity contribution in [3.05, 3.63) is 35.4 Å². The zero-order valence-corrected chi connectivity index (χ0v) is 9.32. The van der Waals surface area contributed by atoms with Gasteiger partial charge in [0.15, 0.2) is 0 Å². The van der Waals surface area contributed by atoms with Crippen molar-refractivity contribution in [2.75, 3.05) is 20.3 Å². The van der Waals surface area contributed by atoms with Gasteiger partial charge in [-0.2, -0.15) is 0 Å². The van der Waals surface area contributed by atoms with Crippen molar-refractivity contribution in [2.45, 2.75) is 12.0 Å². The molecule has 1 heterocycles. The number of methoxy groups -OCH3 is 1. The quantitative estimate of drug-likeness (QED) is 0.762. The van der Waals surface area contributed by atoms with E-state index in [-0.39, 0.29) is 12.5 Å². The minimum absolute atomic E-state index is 0.263. The van der Waals surface area contributed by atoms with Gasteiger partial charge in [0, 0.05) is 13.7 Å². The Morgan fingerprint density at radius 3 is 3.00 bits per heavy atom. The molecule has 2 rings (SSSR count). The zero-order chi connectivity index (χ0) is 11.6. The normalized spacial score (nSPS) is 23.8. The highest BCUT2D eigenvalue weighted by atomic mass is 16.5. The molecule has 0 aromatic heterocycles. The van der Waals surface area contributed by atoms with Crippen LogP contribution in [0.15, 0.2) is 24.3 Å². The van der Waals surface area contributed by atoms with Gasteiger partial charge in [0.2, 0.25) is 5.91 Å². The number of nitrogens with two attached hydrogens (primary N) is 1. The third-order valence-corrected chi connectivity index (χ3v) is 3.08. The van der Waals surface area contributed by atoms with Crippen LogP contribution in [0.5, 0.6) is 0 Å². The number of amides is 1. The van der Waals surface area contributed by atoms with E-state index >= 15 is 0 Å². The summed E-state index contributed by atoms with van der Waals surface area (Å²) in [7, 11) is 1.57. The van der Waals surface area contributed by atoms with Crippen molar-refractivity contribution < 1.29 is 9.53 Å². The van der Waals surface area contributed by atoms with Crippen molar-refractivity contribution in [2.24, 2.45) is 5.73 Å². The molecule has 0 aliphatic carbocycles. The summed E-state index contributed by atoms with van der Waals surface area (Å²) in [6.07, 6.45) is 0.912. The molecule has 16 heavy (non-hydrogen) atoms. The minimum atomic E-state index is -0.871. The Labute approximate surface area is 94.8 Å². The molecule has 3 N–H and O–H groups in total. The number of nitrogens with one attached hydrogen (secondary N) is 1. The number of carbonyl (C=O) groups excluding carboxylic acids is 1. The van der Waals surface area contributed by atoms with Crippen molar-refractivity contribution in [1.82, 2.24) is 5.32 Å². The lowest BCUT2D eigenvalue weighted by Gasteiger charge is -2.36. The zero-order valence-electron chi connectivity index (χ0n) is 9.32. The summed E-state index contributed by atoms with van der Waals surface area (Å²) >= 11 is 0. The van der Waals surface area contributed by atoms with Crippen LogP contribution < -0.4 is 11.1 Å². The third-order valence-electron chi connectivity index (χ3n) is 3.08. The summed E-state index contributed by atoms with van der Waals surface area (Å²) in [5.41, 5.74) is 6.75. The summed E-state index contributed by atoms with van der Waals surface area (Å²) in [5, 5.41) is 3.19. The summed E-state index contributed by atoms with van der Waals surface area (Å²) in [6.45, 7) is 1.00. The van der Waals surface area contributed by atoms with Gasteiger partial charge in [0.05, 0.1) is 6.61 Å². The molecule has 4 nitrogen and oxygen atoms in total. The van der Waals surface area contributed by atoms with Crippen LogP contribution >= 0.6 is 0 Å². The molecule has 1 aromatic carbocycles. The second-order valence-corrected chi connectivity index (χ2v) is 4.04. The molecule has 0 bridgehead atoms. The highest BCUT2D eigenvalue weighted by Crippen LogP contribution is 2.28. The minimum Gasteiger partial charge on any atom is -0.382 e. The highest BCUT2D eigenvalue weighted by Gasteiger charge is 2.41. The predicted octanol–water partition coefficient (Wildman–Crippen LogP) is 0.159. The molecule has 1 atom stereocenters. The molecular weight excluding hydrogens is 204 g/mol. The van der Waals surface area contributed by atoms with Gasteiger partial charge >= 0.3 is 0 Å². The predicted molar refractivity (Wildman–Crippen MR) is 60.9 cm³/mol. The van der Waals surface area contributed by atoms with Crippen LogP contribution in [0.1, 0.15) is 11.1 Å². The van der Waals surface area contributed by atoms with Gasteiger partial charge < -0.3 is 10.5 Å². The lowest BCUT2D eigenvalue weighted by atomic mass is 9.82. The molecule has 86 valence electrons. The smallest absolute Gasteiger partial charge is 0.244 e. The number of ether oxygens (including phenoxy) is 1. The number of hydrogen-bond acceptors (Lipinski definition) is 3. The van der Waals surface area contributed by atoms with Crippen molar-refractivity contribution >= 4 is 5.91 Å². The molecule has 0 radical (unpaired) electrons. The third kappa shape index (κ3) is 1.60. The maximum atomic E-state index is 11.7. The maximum absolute atomic E-state index is 11.7. The van der Waals surface area contributed by atoms with Crippen molar-refractivity contribution in [3.8, 4) is 0 Å². The van der Waals surface area contributed by atoms with Gasteiger partial charge in [-0.15, -0.1) is 0 Å². The second-order valence-electron chi connectivity index (χ2n) is 4.04. The van der Waals surface area contributed by atoms with Crippen LogP contribution in [-0.2, 0) is 21.5 Å². The van der Waals surface area contributed by atoms with Gasteiger partial charge in [-0.05, 0) is 17.5 Å². The highest BCUT2D eigenvalue weighted by molar-refractivity contribution is 5.87. The van der Waals surface area contributed by atoms with Gasteiger partial charge in [-0.1, -0.05) is 24.3 Å². The van der Waals surface area contributed by atoms with Gasteiger partial charge in [-0.3, -0.25) is 10.1 Å². The Morgan fingerprint density at radius 1 is 1.56 bits per heavy atom. The Kier molecular flexibility index (Phi) is 2.94. The average Bonchev–Trinajstić information content (AvgIpc) is 2.29. The molecule has 0 saturated heterocycles. The summed E-state index contributed by atoms with van der Waals surface area (Å²) in [4.78, 5) is 11.7. The summed E-state index contributed by atoms with van der Waals surface area (Å²) in [6, 6.07) is 7.86. The largest absolute Gasteiger partial charge is 0.382 e. The van der Waals surface area contributed by atoms with Crippen LogP contribution in [-0.4, -0.2) is 26.2 Å². The molecule has 1 aromatic rings. The molecule has 0 saturated carbocycles. The first kappa shape index (κ1) is 11.1. The van der Waals surface area contributed by atoms with Gasteiger partial charge in [0.1, 0.15) is 5.54 Å². The second kappa shape index (κ2) is 4.23. The van der Waals surface area contributed by atoms with Crippen molar-refractivity contribution in [1.29, 1.82) is 0 Å². The molecule has 1 unspecified atom stereocenters. The molecule has 0 spiro atoms. The SMILES string of the molecule is COCC1(C(N)=O)NCCc2ccccc21. The number of rotatable bonds is 3. The summed E-state index contributed by atoms with van der Waals surface area (Å²) < 4.78 is 5.14. The fraction of sp³-hybridized carbons (Fsp3) is 0.417. The number of hydrogen-bond donors (Lipinski definition) is 2. The van der Waals surface area contributed by atoms with Gasteiger partial charge in [0.25, 0.3) is 0 Å². The topological polar surface area (TPSA) is 64.3 Å². The molecule has 1 aliphatic rings. The molecule has 1 amide bonds. The van der Waals surface area contributed by atoms with Crippen molar-refractivity contribution in [3.63, 3.8) is 0 Å². The monoisotopic (exact) mass is 220 g/mol. The van der Waals surface area contributed by atoms with Crippen LogP contribution in [0, 0.1) is 0 Å². The maximum Gasteiger partial charge on any atom is 0.244 e. The van der Waals surface area contributed by atoms with E-state index in [1.165, 1.54) is 0 Å². The molecule has 1 aliphatic heterocycles. The van der Waals surface area contributed by atoms with Gasteiger partial charge in [-0.25, -0.2) is 0 Å². The molecule has 0 fully saturated rings. The Morgan fingerprint density at radius 2 is 2.31 bits per heavy atom. The van der Waals surface area contributed by atoms with E-state index in [0.717, 1.165) is 24.1 Å². The van der Waals surface area contributed by atoms with E-state index in [0.29, 0.717) is 0 Å². The first-order chi connectivity index (χ1) is 7.70. The van der Waals surface area contributed by atoms with E-state index in [1.54, 1.807) is 7.11 Å². The number of carbonyl (C=O) groups is 1. The Hall–Kier alpha value is -1.39. The van der Waals surface area contributed by atoms with E-state index in [9.17, 15) is 4.79 Å². The number of fused-ring (bicyclic) bond motifs is 1. The summed E-state index contributed by atoms with van der Waals surface area (Å²) in [5.74, 6) is -0.387. The van der Waals surface area contributed by atoms with Crippen LogP contribution in [0.4, 0.5) is 0 Å². The van der Waals surface area contributed by atoms with Crippen LogP contribution in [0.25, 0.3) is 0 Å². The Bertz CT molecular complexity index is 406. The Balaban J connectivity index is 2.52. The molecular formula is C12H16N2O2. The average molecular weight is 220 g/mol. The lowest BCUT2D eigenvalue weighted by molar-refractivity contribution is -0.127. The number of primary amides is 1. The number of benzene rings is 1. The first-order valence-electron chi connectivity index (χ1n) is 5.33. The van der Waals surface area contributed by atoms with Crippen LogP contribution in [0.2, 0.25) is 0 Å². The van der Waals surface area contributed by atoms with E-state index in [1.807, 2.05) is 24.3 Å². The molecule has 4 heteroatoms. The van der Waals surface area contributed by atoms with E-state index < -0.39 is 5.54 Å². The fourth-order valence-electron chi connectivity index (χ4n) is 2.30. The standard InChI is InChI=1S/C12H16N2O2/c1-16-8-12(11(13)15)10-5-3-2-4-9(10)6-7-14-12/h2-5,14H,6-8H2,1H3,(H2,13,15). The van der Waals surface area contributed by atoms with Crippen LogP contribution in [0.3, 0.4) is 0 Å².